The van der Waals surface area contributed by atoms with E-state index < -0.39 is 0 Å². The molecular weight excluding hydrogens is 398 g/mol. The van der Waals surface area contributed by atoms with Crippen molar-refractivity contribution in [1.82, 2.24) is 10.2 Å². The molecule has 128 valence electrons. The Labute approximate surface area is 159 Å². The minimum Gasteiger partial charge on any atom is -0.296 e. The third-order valence-corrected chi connectivity index (χ3v) is 5.17. The van der Waals surface area contributed by atoms with E-state index in [1.54, 1.807) is 0 Å². The molecule has 0 saturated carbocycles. The smallest absolute Gasteiger partial charge is 0.257 e. The number of halogens is 1. The predicted octanol–water partition coefficient (Wildman–Crippen LogP) is 5.52. The fourth-order valence-electron chi connectivity index (χ4n) is 2.27. The number of carbonyl (C=O) groups excluding carboxylic acids is 1. The normalized spacial score (nSPS) is 11.4. The summed E-state index contributed by atoms with van der Waals surface area (Å²) in [7, 11) is 0. The zero-order chi connectivity index (χ0) is 18.0. The highest BCUT2D eigenvalue weighted by atomic mass is 79.9. The minimum absolute atomic E-state index is 0.0633. The Balaban J connectivity index is 1.72. The van der Waals surface area contributed by atoms with Crippen molar-refractivity contribution in [2.45, 2.75) is 26.2 Å². The Bertz CT molecular complexity index is 880. The summed E-state index contributed by atoms with van der Waals surface area (Å²) >= 11 is 4.76. The number of anilines is 1. The van der Waals surface area contributed by atoms with E-state index >= 15 is 0 Å². The van der Waals surface area contributed by atoms with Gasteiger partial charge < -0.3 is 0 Å². The highest BCUT2D eigenvalue weighted by molar-refractivity contribution is 9.10. The minimum atomic E-state index is -0.182. The lowest BCUT2D eigenvalue weighted by Crippen LogP contribution is -2.14. The molecule has 25 heavy (non-hydrogen) atoms. The van der Waals surface area contributed by atoms with Crippen molar-refractivity contribution in [2.24, 2.45) is 0 Å². The van der Waals surface area contributed by atoms with Crippen molar-refractivity contribution in [3.63, 3.8) is 0 Å². The second-order valence-corrected chi connectivity index (χ2v) is 8.59. The van der Waals surface area contributed by atoms with E-state index in [4.69, 9.17) is 0 Å². The van der Waals surface area contributed by atoms with Gasteiger partial charge in [0.2, 0.25) is 5.13 Å². The molecule has 0 atom stereocenters. The number of hydrogen-bond acceptors (Lipinski definition) is 4. The Morgan fingerprint density at radius 3 is 2.24 bits per heavy atom. The van der Waals surface area contributed by atoms with E-state index in [1.807, 2.05) is 48.5 Å². The van der Waals surface area contributed by atoms with Crippen molar-refractivity contribution in [2.75, 3.05) is 5.32 Å². The van der Waals surface area contributed by atoms with Gasteiger partial charge in [-0.05, 0) is 35.2 Å². The molecule has 0 fully saturated rings. The van der Waals surface area contributed by atoms with Gasteiger partial charge >= 0.3 is 0 Å². The van der Waals surface area contributed by atoms with E-state index in [0.29, 0.717) is 10.7 Å². The number of nitrogens with one attached hydrogen (secondary N) is 1. The van der Waals surface area contributed by atoms with Crippen LogP contribution in [-0.4, -0.2) is 16.1 Å². The molecule has 0 aliphatic heterocycles. The van der Waals surface area contributed by atoms with E-state index in [0.717, 1.165) is 15.0 Å². The number of carbonyl (C=O) groups is 1. The molecule has 0 bridgehead atoms. The number of amides is 1. The SMILES string of the molecule is CC(C)(C)c1ccc(C(=O)Nc2nnc(-c3ccc(Br)cc3)s2)cc1. The van der Waals surface area contributed by atoms with Crippen LogP contribution in [0.4, 0.5) is 5.13 Å². The monoisotopic (exact) mass is 415 g/mol. The molecule has 0 saturated heterocycles. The Kier molecular flexibility index (Phi) is 5.01. The highest BCUT2D eigenvalue weighted by Gasteiger charge is 2.15. The summed E-state index contributed by atoms with van der Waals surface area (Å²) in [5.74, 6) is -0.182. The third kappa shape index (κ3) is 4.32. The van der Waals surface area contributed by atoms with Gasteiger partial charge in [-0.3, -0.25) is 10.1 Å². The van der Waals surface area contributed by atoms with Crippen LogP contribution in [0, 0.1) is 0 Å². The maximum Gasteiger partial charge on any atom is 0.257 e. The second-order valence-electron chi connectivity index (χ2n) is 6.70. The van der Waals surface area contributed by atoms with Gasteiger partial charge in [-0.1, -0.05) is 72.3 Å². The van der Waals surface area contributed by atoms with Gasteiger partial charge in [0, 0.05) is 15.6 Å². The van der Waals surface area contributed by atoms with Crippen LogP contribution < -0.4 is 5.32 Å². The molecule has 0 spiro atoms. The standard InChI is InChI=1S/C19H18BrN3OS/c1-19(2,3)14-8-4-12(5-9-14)16(24)21-18-23-22-17(25-18)13-6-10-15(20)11-7-13/h4-11H,1-3H3,(H,21,23,24). The van der Waals surface area contributed by atoms with Crippen molar-refractivity contribution in [3.05, 3.63) is 64.1 Å². The summed E-state index contributed by atoms with van der Waals surface area (Å²) in [6, 6.07) is 15.5. The number of rotatable bonds is 3. The summed E-state index contributed by atoms with van der Waals surface area (Å²) < 4.78 is 1.01. The van der Waals surface area contributed by atoms with E-state index in [-0.39, 0.29) is 11.3 Å². The number of hydrogen-bond donors (Lipinski definition) is 1. The van der Waals surface area contributed by atoms with Crippen LogP contribution >= 0.6 is 27.3 Å². The Morgan fingerprint density at radius 2 is 1.64 bits per heavy atom. The number of aromatic nitrogens is 2. The largest absolute Gasteiger partial charge is 0.296 e. The summed E-state index contributed by atoms with van der Waals surface area (Å²) in [6.45, 7) is 6.44. The molecule has 3 rings (SSSR count). The van der Waals surface area contributed by atoms with Crippen molar-refractivity contribution in [3.8, 4) is 10.6 Å². The molecule has 2 aromatic carbocycles. The molecule has 0 unspecified atom stereocenters. The lowest BCUT2D eigenvalue weighted by atomic mass is 9.87. The zero-order valence-corrected chi connectivity index (χ0v) is 16.6. The Hall–Kier alpha value is -2.05. The van der Waals surface area contributed by atoms with E-state index in [9.17, 15) is 4.79 Å². The first-order chi connectivity index (χ1) is 11.8. The molecule has 1 amide bonds. The molecule has 6 heteroatoms. The molecule has 4 nitrogen and oxygen atoms in total. The molecular formula is C19H18BrN3OS. The van der Waals surface area contributed by atoms with Crippen LogP contribution in [0.2, 0.25) is 0 Å². The van der Waals surface area contributed by atoms with Gasteiger partial charge in [0.15, 0.2) is 0 Å². The fraction of sp³-hybridized carbons (Fsp3) is 0.211. The predicted molar refractivity (Wildman–Crippen MR) is 106 cm³/mol. The van der Waals surface area contributed by atoms with Crippen molar-refractivity contribution in [1.29, 1.82) is 0 Å². The van der Waals surface area contributed by atoms with Crippen LogP contribution in [0.3, 0.4) is 0 Å². The van der Waals surface area contributed by atoms with Gasteiger partial charge in [-0.15, -0.1) is 10.2 Å². The van der Waals surface area contributed by atoms with Gasteiger partial charge in [-0.25, -0.2) is 0 Å². The van der Waals surface area contributed by atoms with E-state index in [2.05, 4.69) is 52.2 Å². The van der Waals surface area contributed by atoms with Gasteiger partial charge in [0.25, 0.3) is 5.91 Å². The molecule has 3 aromatic rings. The van der Waals surface area contributed by atoms with Crippen LogP contribution in [0.5, 0.6) is 0 Å². The highest BCUT2D eigenvalue weighted by Crippen LogP contribution is 2.28. The van der Waals surface area contributed by atoms with Crippen LogP contribution in [0.25, 0.3) is 10.6 Å². The quantitative estimate of drug-likeness (QED) is 0.612. The Morgan fingerprint density at radius 1 is 1.00 bits per heavy atom. The first kappa shape index (κ1) is 17.8. The third-order valence-electron chi connectivity index (χ3n) is 3.75. The lowest BCUT2D eigenvalue weighted by molar-refractivity contribution is 0.102. The number of nitrogens with zero attached hydrogens (tertiary/aromatic N) is 2. The van der Waals surface area contributed by atoms with Crippen LogP contribution in [0.15, 0.2) is 53.0 Å². The zero-order valence-electron chi connectivity index (χ0n) is 14.2. The molecule has 1 heterocycles. The summed E-state index contributed by atoms with van der Waals surface area (Å²) in [4.78, 5) is 12.4. The van der Waals surface area contributed by atoms with Gasteiger partial charge in [0.05, 0.1) is 0 Å². The number of benzene rings is 2. The first-order valence-electron chi connectivity index (χ1n) is 7.84. The summed E-state index contributed by atoms with van der Waals surface area (Å²) in [5.41, 5.74) is 2.83. The topological polar surface area (TPSA) is 54.9 Å². The van der Waals surface area contributed by atoms with Gasteiger partial charge in [0.1, 0.15) is 5.01 Å². The maximum atomic E-state index is 12.4. The first-order valence-corrected chi connectivity index (χ1v) is 9.45. The van der Waals surface area contributed by atoms with Crippen molar-refractivity contribution < 1.29 is 4.79 Å². The van der Waals surface area contributed by atoms with Crippen LogP contribution in [-0.2, 0) is 5.41 Å². The molecule has 1 N–H and O–H groups in total. The lowest BCUT2D eigenvalue weighted by Gasteiger charge is -2.18. The van der Waals surface area contributed by atoms with Crippen molar-refractivity contribution >= 4 is 38.3 Å². The summed E-state index contributed by atoms with van der Waals surface area (Å²) in [6.07, 6.45) is 0. The average molecular weight is 416 g/mol. The van der Waals surface area contributed by atoms with Gasteiger partial charge in [-0.2, -0.15) is 0 Å². The molecule has 0 radical (unpaired) electrons. The van der Waals surface area contributed by atoms with Crippen LogP contribution in [0.1, 0.15) is 36.7 Å². The van der Waals surface area contributed by atoms with E-state index in [1.165, 1.54) is 16.9 Å². The fourth-order valence-corrected chi connectivity index (χ4v) is 3.28. The second kappa shape index (κ2) is 7.06. The maximum absolute atomic E-state index is 12.4. The molecule has 0 aliphatic carbocycles. The molecule has 1 aromatic heterocycles. The summed E-state index contributed by atoms with van der Waals surface area (Å²) in [5, 5.41) is 12.3. The molecule has 0 aliphatic rings. The average Bonchev–Trinajstić information content (AvgIpc) is 3.03.